The Morgan fingerprint density at radius 1 is 1.27 bits per heavy atom. The molecule has 0 radical (unpaired) electrons. The molecule has 1 aliphatic heterocycles. The third-order valence-corrected chi connectivity index (χ3v) is 4.76. The average molecular weight is 374 g/mol. The molecule has 1 aliphatic carbocycles. The first-order valence-electron chi connectivity index (χ1n) is 8.71. The molecule has 0 aromatic carbocycles. The number of aliphatic carboxylic acids is 1. The minimum absolute atomic E-state index is 0.959. The van der Waals surface area contributed by atoms with E-state index in [1.165, 1.54) is 37.1 Å². The van der Waals surface area contributed by atoms with Crippen LogP contribution in [0.2, 0.25) is 0 Å². The molecule has 9 heteroatoms. The number of alkyl halides is 3. The van der Waals surface area contributed by atoms with Crippen LogP contribution >= 0.6 is 0 Å². The predicted octanol–water partition coefficient (Wildman–Crippen LogP) is 2.38. The number of hydrogen-bond acceptors (Lipinski definition) is 5. The average Bonchev–Trinajstić information content (AvgIpc) is 2.72. The second kappa shape index (κ2) is 8.66. The van der Waals surface area contributed by atoms with Crippen molar-refractivity contribution in [2.45, 2.75) is 38.3 Å². The second-order valence-corrected chi connectivity index (χ2v) is 6.92. The van der Waals surface area contributed by atoms with Gasteiger partial charge < -0.3 is 14.9 Å². The molecule has 0 bridgehead atoms. The molecule has 1 fully saturated rings. The van der Waals surface area contributed by atoms with Crippen LogP contribution in [-0.2, 0) is 17.6 Å². The summed E-state index contributed by atoms with van der Waals surface area (Å²) in [5, 5.41) is 7.12. The molecule has 146 valence electrons. The smallest absolute Gasteiger partial charge is 0.475 e. The number of carboxylic acids is 1. The summed E-state index contributed by atoms with van der Waals surface area (Å²) in [7, 11) is 4.14. The number of aromatic nitrogens is 2. The van der Waals surface area contributed by atoms with E-state index in [1.807, 2.05) is 0 Å². The molecular formula is C17H25F3N4O2. The van der Waals surface area contributed by atoms with Gasteiger partial charge in [0.05, 0.1) is 5.69 Å². The lowest BCUT2D eigenvalue weighted by Gasteiger charge is -2.31. The highest BCUT2D eigenvalue weighted by Crippen LogP contribution is 2.28. The van der Waals surface area contributed by atoms with Crippen molar-refractivity contribution in [1.29, 1.82) is 0 Å². The molecule has 0 unspecified atom stereocenters. The summed E-state index contributed by atoms with van der Waals surface area (Å²) in [6.07, 6.45) is 3.12. The number of rotatable bonds is 3. The van der Waals surface area contributed by atoms with Crippen LogP contribution in [0.25, 0.3) is 0 Å². The zero-order valence-electron chi connectivity index (χ0n) is 15.1. The van der Waals surface area contributed by atoms with Gasteiger partial charge in [0, 0.05) is 45.7 Å². The highest BCUT2D eigenvalue weighted by molar-refractivity contribution is 5.73. The lowest BCUT2D eigenvalue weighted by Crippen LogP contribution is -2.34. The zero-order chi connectivity index (χ0) is 19.3. The van der Waals surface area contributed by atoms with Gasteiger partial charge in [-0.05, 0) is 25.2 Å². The van der Waals surface area contributed by atoms with Crippen LogP contribution in [0.4, 0.5) is 19.0 Å². The van der Waals surface area contributed by atoms with Crippen molar-refractivity contribution < 1.29 is 23.1 Å². The summed E-state index contributed by atoms with van der Waals surface area (Å²) in [5.74, 6) is -0.691. The quantitative estimate of drug-likeness (QED) is 0.876. The first-order valence-corrected chi connectivity index (χ1v) is 8.71. The van der Waals surface area contributed by atoms with Crippen LogP contribution in [0, 0.1) is 5.92 Å². The predicted molar refractivity (Wildman–Crippen MR) is 91.2 cm³/mol. The van der Waals surface area contributed by atoms with Crippen LogP contribution < -0.4 is 4.90 Å². The zero-order valence-corrected chi connectivity index (χ0v) is 15.1. The molecule has 0 spiro atoms. The van der Waals surface area contributed by atoms with Gasteiger partial charge in [-0.25, -0.2) is 14.8 Å². The minimum atomic E-state index is -5.08. The highest BCUT2D eigenvalue weighted by atomic mass is 19.4. The normalized spacial score (nSPS) is 18.0. The minimum Gasteiger partial charge on any atom is -0.475 e. The molecule has 1 aromatic rings. The topological polar surface area (TPSA) is 69.6 Å². The van der Waals surface area contributed by atoms with Gasteiger partial charge in [0.1, 0.15) is 12.1 Å². The fourth-order valence-corrected chi connectivity index (χ4v) is 3.16. The SMILES string of the molecule is CN(C)c1ncnc2c1CCN(CC1CCC1)CC2.O=C(O)C(F)(F)F. The summed E-state index contributed by atoms with van der Waals surface area (Å²) in [6, 6.07) is 0. The Balaban J connectivity index is 0.000000298. The van der Waals surface area contributed by atoms with E-state index in [0.717, 1.165) is 37.7 Å². The first-order chi connectivity index (χ1) is 12.2. The monoisotopic (exact) mass is 374 g/mol. The van der Waals surface area contributed by atoms with Crippen LogP contribution in [0.5, 0.6) is 0 Å². The Kier molecular flexibility index (Phi) is 6.80. The number of nitrogens with zero attached hydrogens (tertiary/aromatic N) is 4. The Morgan fingerprint density at radius 2 is 1.88 bits per heavy atom. The summed E-state index contributed by atoms with van der Waals surface area (Å²) in [5.41, 5.74) is 2.62. The van der Waals surface area contributed by atoms with Crippen LogP contribution in [-0.4, -0.2) is 65.8 Å². The lowest BCUT2D eigenvalue weighted by atomic mass is 9.85. The number of carboxylic acid groups (broad SMARTS) is 1. The van der Waals surface area contributed by atoms with Gasteiger partial charge in [-0.15, -0.1) is 0 Å². The Morgan fingerprint density at radius 3 is 2.38 bits per heavy atom. The van der Waals surface area contributed by atoms with Crippen molar-refractivity contribution in [1.82, 2.24) is 14.9 Å². The van der Waals surface area contributed by atoms with Crippen molar-refractivity contribution in [2.24, 2.45) is 5.92 Å². The molecule has 2 heterocycles. The van der Waals surface area contributed by atoms with Gasteiger partial charge in [-0.2, -0.15) is 13.2 Å². The Labute approximate surface area is 151 Å². The third kappa shape index (κ3) is 5.55. The van der Waals surface area contributed by atoms with Crippen LogP contribution in [0.15, 0.2) is 6.33 Å². The second-order valence-electron chi connectivity index (χ2n) is 6.92. The van der Waals surface area contributed by atoms with Crippen LogP contribution in [0.3, 0.4) is 0 Å². The summed E-state index contributed by atoms with van der Waals surface area (Å²) in [4.78, 5) is 22.6. The molecule has 1 aromatic heterocycles. The van der Waals surface area contributed by atoms with Gasteiger partial charge >= 0.3 is 12.1 Å². The standard InChI is InChI=1S/C15H24N4.C2HF3O2/c1-18(2)15-13-6-8-19(10-12-4-3-5-12)9-7-14(13)16-11-17-15;3-2(4,5)1(6)7/h11-12H,3-10H2,1-2H3;(H,6,7). The van der Waals surface area contributed by atoms with Gasteiger partial charge in [0.25, 0.3) is 0 Å². The third-order valence-electron chi connectivity index (χ3n) is 4.76. The van der Waals surface area contributed by atoms with Crippen molar-refractivity contribution in [2.75, 3.05) is 38.6 Å². The molecule has 0 atom stereocenters. The number of anilines is 1. The van der Waals surface area contributed by atoms with Gasteiger partial charge in [-0.1, -0.05) is 6.42 Å². The van der Waals surface area contributed by atoms with E-state index < -0.39 is 12.1 Å². The maximum Gasteiger partial charge on any atom is 0.490 e. The molecule has 2 aliphatic rings. The van der Waals surface area contributed by atoms with Gasteiger partial charge in [-0.3, -0.25) is 0 Å². The Hall–Kier alpha value is -1.90. The molecule has 0 saturated heterocycles. The maximum atomic E-state index is 10.6. The van der Waals surface area contributed by atoms with Crippen molar-refractivity contribution in [3.63, 3.8) is 0 Å². The van der Waals surface area contributed by atoms with E-state index in [2.05, 4.69) is 33.9 Å². The van der Waals surface area contributed by atoms with Crippen molar-refractivity contribution in [3.05, 3.63) is 17.6 Å². The van der Waals surface area contributed by atoms with E-state index in [1.54, 1.807) is 6.33 Å². The number of fused-ring (bicyclic) bond motifs is 1. The van der Waals surface area contributed by atoms with Crippen molar-refractivity contribution in [3.8, 4) is 0 Å². The largest absolute Gasteiger partial charge is 0.490 e. The Bertz CT molecular complexity index is 619. The van der Waals surface area contributed by atoms with E-state index in [9.17, 15) is 13.2 Å². The maximum absolute atomic E-state index is 10.6. The first kappa shape index (κ1) is 20.4. The molecule has 1 saturated carbocycles. The fraction of sp³-hybridized carbons (Fsp3) is 0.706. The van der Waals surface area contributed by atoms with Crippen molar-refractivity contribution >= 4 is 11.8 Å². The molecular weight excluding hydrogens is 349 g/mol. The van der Waals surface area contributed by atoms with Gasteiger partial charge in [0.2, 0.25) is 0 Å². The summed E-state index contributed by atoms with van der Waals surface area (Å²) in [6.45, 7) is 3.61. The number of carbonyl (C=O) groups is 1. The fourth-order valence-electron chi connectivity index (χ4n) is 3.16. The summed E-state index contributed by atoms with van der Waals surface area (Å²) < 4.78 is 31.7. The van der Waals surface area contributed by atoms with E-state index in [0.29, 0.717) is 0 Å². The van der Waals surface area contributed by atoms with Gasteiger partial charge in [0.15, 0.2) is 0 Å². The van der Waals surface area contributed by atoms with Crippen LogP contribution in [0.1, 0.15) is 30.5 Å². The summed E-state index contributed by atoms with van der Waals surface area (Å²) >= 11 is 0. The molecule has 1 N–H and O–H groups in total. The molecule has 6 nitrogen and oxygen atoms in total. The lowest BCUT2D eigenvalue weighted by molar-refractivity contribution is -0.192. The molecule has 0 amide bonds. The number of hydrogen-bond donors (Lipinski definition) is 1. The van der Waals surface area contributed by atoms with E-state index in [4.69, 9.17) is 9.90 Å². The van der Waals surface area contributed by atoms with E-state index >= 15 is 0 Å². The van der Waals surface area contributed by atoms with E-state index in [-0.39, 0.29) is 0 Å². The molecule has 3 rings (SSSR count). The number of halogens is 3. The highest BCUT2D eigenvalue weighted by Gasteiger charge is 2.38. The molecule has 26 heavy (non-hydrogen) atoms.